The maximum absolute atomic E-state index is 10.5. The molecule has 2 N–H and O–H groups in total. The number of benzene rings is 1. The average Bonchev–Trinajstić information content (AvgIpc) is 2.57. The number of halogens is 1. The highest BCUT2D eigenvalue weighted by Gasteiger charge is 2.08. The molecule has 0 aliphatic carbocycles. The monoisotopic (exact) mass is 253 g/mol. The van der Waals surface area contributed by atoms with Gasteiger partial charge in [0, 0.05) is 5.02 Å². The standard InChI is InChI=1S/C11H12ClN3O2/c1-15(6-11(16)17)5-10-13-8-3-2-7(12)4-9(8)14-10/h2-4H,5-6H2,1H3,(H,13,14)(H,16,17). The molecule has 0 fully saturated rings. The van der Waals surface area contributed by atoms with Gasteiger partial charge in [0.1, 0.15) is 5.82 Å². The van der Waals surface area contributed by atoms with Crippen LogP contribution in [0.15, 0.2) is 18.2 Å². The van der Waals surface area contributed by atoms with E-state index in [4.69, 9.17) is 16.7 Å². The van der Waals surface area contributed by atoms with E-state index < -0.39 is 5.97 Å². The van der Waals surface area contributed by atoms with Crippen molar-refractivity contribution in [2.24, 2.45) is 0 Å². The Kier molecular flexibility index (Phi) is 3.31. The first-order valence-electron chi connectivity index (χ1n) is 5.09. The number of nitrogens with zero attached hydrogens (tertiary/aromatic N) is 2. The topological polar surface area (TPSA) is 69.2 Å². The van der Waals surface area contributed by atoms with Gasteiger partial charge in [0.05, 0.1) is 24.1 Å². The van der Waals surface area contributed by atoms with Crippen molar-refractivity contribution in [2.45, 2.75) is 6.54 Å². The number of carboxylic acid groups (broad SMARTS) is 1. The molecule has 1 aromatic carbocycles. The van der Waals surface area contributed by atoms with Gasteiger partial charge in [-0.2, -0.15) is 0 Å². The zero-order valence-electron chi connectivity index (χ0n) is 9.27. The molecule has 0 saturated heterocycles. The molecular weight excluding hydrogens is 242 g/mol. The van der Waals surface area contributed by atoms with Crippen molar-refractivity contribution in [3.8, 4) is 0 Å². The van der Waals surface area contributed by atoms with Gasteiger partial charge >= 0.3 is 5.97 Å². The van der Waals surface area contributed by atoms with Gasteiger partial charge in [0.2, 0.25) is 0 Å². The fourth-order valence-corrected chi connectivity index (χ4v) is 1.82. The predicted octanol–water partition coefficient (Wildman–Crippen LogP) is 1.73. The van der Waals surface area contributed by atoms with E-state index in [0.29, 0.717) is 11.6 Å². The van der Waals surface area contributed by atoms with E-state index in [2.05, 4.69) is 9.97 Å². The largest absolute Gasteiger partial charge is 0.480 e. The number of H-pyrrole nitrogens is 1. The number of hydrogen-bond acceptors (Lipinski definition) is 3. The number of nitrogens with one attached hydrogen (secondary N) is 1. The molecule has 0 atom stereocenters. The van der Waals surface area contributed by atoms with Crippen LogP contribution in [0.4, 0.5) is 0 Å². The number of aliphatic carboxylic acids is 1. The number of aromatic nitrogens is 2. The highest BCUT2D eigenvalue weighted by Crippen LogP contribution is 2.17. The van der Waals surface area contributed by atoms with Gasteiger partial charge in [-0.05, 0) is 25.2 Å². The summed E-state index contributed by atoms with van der Waals surface area (Å²) in [6.45, 7) is 0.441. The third-order valence-corrected chi connectivity index (χ3v) is 2.55. The maximum atomic E-state index is 10.5. The smallest absolute Gasteiger partial charge is 0.317 e. The number of hydrogen-bond donors (Lipinski definition) is 2. The van der Waals surface area contributed by atoms with Gasteiger partial charge in [0.15, 0.2) is 0 Å². The van der Waals surface area contributed by atoms with Crippen LogP contribution >= 0.6 is 11.6 Å². The van der Waals surface area contributed by atoms with E-state index >= 15 is 0 Å². The molecular formula is C11H12ClN3O2. The highest BCUT2D eigenvalue weighted by molar-refractivity contribution is 6.31. The summed E-state index contributed by atoms with van der Waals surface area (Å²) in [5.74, 6) is -0.127. The lowest BCUT2D eigenvalue weighted by Crippen LogP contribution is -2.25. The Bertz CT molecular complexity index is 553. The van der Waals surface area contributed by atoms with Gasteiger partial charge in [-0.15, -0.1) is 0 Å². The molecule has 90 valence electrons. The number of likely N-dealkylation sites (N-methyl/N-ethyl adjacent to an activating group) is 1. The number of imidazole rings is 1. The van der Waals surface area contributed by atoms with E-state index in [9.17, 15) is 4.79 Å². The van der Waals surface area contributed by atoms with Crippen LogP contribution in [0.2, 0.25) is 5.02 Å². The van der Waals surface area contributed by atoms with Crippen LogP contribution in [0.3, 0.4) is 0 Å². The quantitative estimate of drug-likeness (QED) is 0.871. The molecule has 0 amide bonds. The second-order valence-corrected chi connectivity index (χ2v) is 4.35. The molecule has 2 aromatic rings. The Hall–Kier alpha value is -1.59. The van der Waals surface area contributed by atoms with Crippen molar-refractivity contribution in [1.82, 2.24) is 14.9 Å². The summed E-state index contributed by atoms with van der Waals surface area (Å²) in [7, 11) is 1.73. The molecule has 5 nitrogen and oxygen atoms in total. The lowest BCUT2D eigenvalue weighted by Gasteiger charge is -2.11. The lowest BCUT2D eigenvalue weighted by molar-refractivity contribution is -0.138. The first kappa shape index (κ1) is 11.9. The van der Waals surface area contributed by atoms with Crippen molar-refractivity contribution in [1.29, 1.82) is 0 Å². The number of carboxylic acids is 1. The maximum Gasteiger partial charge on any atom is 0.317 e. The van der Waals surface area contributed by atoms with E-state index in [1.165, 1.54) is 0 Å². The van der Waals surface area contributed by atoms with Crippen LogP contribution in [-0.2, 0) is 11.3 Å². The van der Waals surface area contributed by atoms with Crippen LogP contribution in [0.5, 0.6) is 0 Å². The Balaban J connectivity index is 2.16. The zero-order valence-corrected chi connectivity index (χ0v) is 10.0. The van der Waals surface area contributed by atoms with Crippen LogP contribution in [-0.4, -0.2) is 39.5 Å². The second-order valence-electron chi connectivity index (χ2n) is 3.91. The predicted molar refractivity (Wildman–Crippen MR) is 65.1 cm³/mol. The first-order chi connectivity index (χ1) is 8.04. The van der Waals surface area contributed by atoms with Gasteiger partial charge < -0.3 is 10.1 Å². The molecule has 0 spiro atoms. The minimum Gasteiger partial charge on any atom is -0.480 e. The second kappa shape index (κ2) is 4.73. The average molecular weight is 254 g/mol. The molecule has 0 radical (unpaired) electrons. The summed E-state index contributed by atoms with van der Waals surface area (Å²) >= 11 is 5.87. The molecule has 0 saturated carbocycles. The molecule has 0 unspecified atom stereocenters. The van der Waals surface area contributed by atoms with Gasteiger partial charge in [-0.3, -0.25) is 9.69 Å². The molecule has 0 bridgehead atoms. The summed E-state index contributed by atoms with van der Waals surface area (Å²) in [5.41, 5.74) is 1.68. The minimum absolute atomic E-state index is 0.0161. The van der Waals surface area contributed by atoms with E-state index in [-0.39, 0.29) is 6.54 Å². The minimum atomic E-state index is -0.855. The SMILES string of the molecule is CN(CC(=O)O)Cc1nc2ccc(Cl)cc2[nH]1. The van der Waals surface area contributed by atoms with E-state index in [0.717, 1.165) is 16.9 Å². The summed E-state index contributed by atoms with van der Waals surface area (Å²) in [4.78, 5) is 19.7. The molecule has 2 rings (SSSR count). The fraction of sp³-hybridized carbons (Fsp3) is 0.273. The summed E-state index contributed by atoms with van der Waals surface area (Å²) in [6.07, 6.45) is 0. The van der Waals surface area contributed by atoms with Gasteiger partial charge in [0.25, 0.3) is 0 Å². The molecule has 0 aliphatic heterocycles. The number of carbonyl (C=O) groups is 1. The number of aromatic amines is 1. The van der Waals surface area contributed by atoms with Crippen LogP contribution in [0.1, 0.15) is 5.82 Å². The molecule has 1 heterocycles. The third kappa shape index (κ3) is 2.95. The van der Waals surface area contributed by atoms with Crippen molar-refractivity contribution in [2.75, 3.05) is 13.6 Å². The molecule has 0 aliphatic rings. The molecule has 17 heavy (non-hydrogen) atoms. The summed E-state index contributed by atoms with van der Waals surface area (Å²) in [5, 5.41) is 9.29. The first-order valence-corrected chi connectivity index (χ1v) is 5.47. The van der Waals surface area contributed by atoms with Crippen molar-refractivity contribution < 1.29 is 9.90 Å². The number of fused-ring (bicyclic) bond motifs is 1. The fourth-order valence-electron chi connectivity index (χ4n) is 1.65. The Morgan fingerprint density at radius 3 is 3.06 bits per heavy atom. The van der Waals surface area contributed by atoms with Gasteiger partial charge in [-0.25, -0.2) is 4.98 Å². The molecule has 1 aromatic heterocycles. The van der Waals surface area contributed by atoms with Gasteiger partial charge in [-0.1, -0.05) is 11.6 Å². The van der Waals surface area contributed by atoms with Crippen molar-refractivity contribution in [3.05, 3.63) is 29.0 Å². The van der Waals surface area contributed by atoms with E-state index in [1.54, 1.807) is 24.1 Å². The van der Waals surface area contributed by atoms with E-state index in [1.807, 2.05) is 6.07 Å². The Morgan fingerprint density at radius 1 is 1.59 bits per heavy atom. The highest BCUT2D eigenvalue weighted by atomic mass is 35.5. The van der Waals surface area contributed by atoms with Crippen LogP contribution in [0, 0.1) is 0 Å². The lowest BCUT2D eigenvalue weighted by atomic mass is 10.3. The third-order valence-electron chi connectivity index (χ3n) is 2.32. The Labute approximate surface area is 103 Å². The Morgan fingerprint density at radius 2 is 2.35 bits per heavy atom. The number of rotatable bonds is 4. The van der Waals surface area contributed by atoms with Crippen molar-refractivity contribution in [3.63, 3.8) is 0 Å². The zero-order chi connectivity index (χ0) is 12.4. The normalized spacial score (nSPS) is 11.2. The summed E-state index contributed by atoms with van der Waals surface area (Å²) in [6, 6.07) is 5.40. The van der Waals surface area contributed by atoms with Crippen LogP contribution in [0.25, 0.3) is 11.0 Å². The van der Waals surface area contributed by atoms with Crippen LogP contribution < -0.4 is 0 Å². The molecule has 6 heteroatoms. The summed E-state index contributed by atoms with van der Waals surface area (Å²) < 4.78 is 0. The van der Waals surface area contributed by atoms with Crippen molar-refractivity contribution >= 4 is 28.6 Å².